The average Bonchev–Trinajstić information content (AvgIpc) is 2.19. The zero-order chi connectivity index (χ0) is 12.2. The third-order valence-corrected chi connectivity index (χ3v) is 3.65. The number of carbonyl (C=O) groups excluding carboxylic acids is 1. The summed E-state index contributed by atoms with van der Waals surface area (Å²) in [5.41, 5.74) is -0.317. The van der Waals surface area contributed by atoms with Crippen LogP contribution < -0.4 is 10.6 Å². The number of amides is 1. The quantitative estimate of drug-likeness (QED) is 0.726. The number of nitrogens with one attached hydrogen (secondary N) is 2. The van der Waals surface area contributed by atoms with Crippen molar-refractivity contribution in [1.82, 2.24) is 10.6 Å². The molecule has 0 aliphatic heterocycles. The van der Waals surface area contributed by atoms with Crippen molar-refractivity contribution in [2.45, 2.75) is 52.5 Å². The highest BCUT2D eigenvalue weighted by Crippen LogP contribution is 2.30. The van der Waals surface area contributed by atoms with Crippen LogP contribution in [0, 0.1) is 11.3 Å². The minimum atomic E-state index is -0.317. The van der Waals surface area contributed by atoms with E-state index in [4.69, 9.17) is 0 Å². The van der Waals surface area contributed by atoms with E-state index in [2.05, 4.69) is 17.6 Å². The lowest BCUT2D eigenvalue weighted by Gasteiger charge is -2.30. The van der Waals surface area contributed by atoms with Crippen molar-refractivity contribution in [3.05, 3.63) is 0 Å². The first kappa shape index (κ1) is 13.5. The molecule has 1 amide bonds. The van der Waals surface area contributed by atoms with E-state index in [-0.39, 0.29) is 11.3 Å². The van der Waals surface area contributed by atoms with Crippen LogP contribution in [0.5, 0.6) is 0 Å². The second-order valence-electron chi connectivity index (χ2n) is 5.78. The molecule has 1 rings (SSSR count). The maximum absolute atomic E-state index is 11.6. The van der Waals surface area contributed by atoms with Crippen LogP contribution in [0.4, 0.5) is 0 Å². The van der Waals surface area contributed by atoms with Crippen LogP contribution in [0.1, 0.15) is 46.5 Å². The lowest BCUT2D eigenvalue weighted by molar-refractivity contribution is -0.128. The molecule has 0 bridgehead atoms. The summed E-state index contributed by atoms with van der Waals surface area (Å²) in [7, 11) is 1.70. The first-order valence-corrected chi connectivity index (χ1v) is 6.41. The largest absolute Gasteiger partial charge is 0.359 e. The minimum Gasteiger partial charge on any atom is -0.359 e. The Kier molecular flexibility index (Phi) is 4.78. The van der Waals surface area contributed by atoms with Gasteiger partial charge in [0.25, 0.3) is 0 Å². The fourth-order valence-electron chi connectivity index (χ4n) is 2.16. The Balaban J connectivity index is 2.23. The smallest absolute Gasteiger partial charge is 0.226 e. The molecule has 0 heterocycles. The van der Waals surface area contributed by atoms with Crippen molar-refractivity contribution in [3.8, 4) is 0 Å². The lowest BCUT2D eigenvalue weighted by atomic mass is 9.81. The molecular weight excluding hydrogens is 200 g/mol. The summed E-state index contributed by atoms with van der Waals surface area (Å²) >= 11 is 0. The summed E-state index contributed by atoms with van der Waals surface area (Å²) in [6.07, 6.45) is 5.45. The first-order chi connectivity index (χ1) is 7.45. The molecule has 1 fully saturated rings. The topological polar surface area (TPSA) is 41.1 Å². The van der Waals surface area contributed by atoms with Crippen LogP contribution in [0.2, 0.25) is 0 Å². The van der Waals surface area contributed by atoms with Gasteiger partial charge in [-0.15, -0.1) is 0 Å². The number of carbonyl (C=O) groups is 1. The maximum atomic E-state index is 11.6. The Morgan fingerprint density at radius 1 is 1.44 bits per heavy atom. The molecule has 0 spiro atoms. The van der Waals surface area contributed by atoms with Gasteiger partial charge in [0, 0.05) is 19.6 Å². The lowest BCUT2D eigenvalue weighted by Crippen LogP contribution is -2.44. The van der Waals surface area contributed by atoms with E-state index in [1.807, 2.05) is 13.8 Å². The molecule has 0 aromatic rings. The predicted octanol–water partition coefficient (Wildman–Crippen LogP) is 1.93. The predicted molar refractivity (Wildman–Crippen MR) is 67.3 cm³/mol. The highest BCUT2D eigenvalue weighted by Gasteiger charge is 2.27. The van der Waals surface area contributed by atoms with Crippen molar-refractivity contribution in [1.29, 1.82) is 0 Å². The van der Waals surface area contributed by atoms with E-state index in [1.54, 1.807) is 7.05 Å². The summed E-state index contributed by atoms with van der Waals surface area (Å²) < 4.78 is 0. The second kappa shape index (κ2) is 5.67. The highest BCUT2D eigenvalue weighted by molar-refractivity contribution is 5.81. The summed E-state index contributed by atoms with van der Waals surface area (Å²) in [6.45, 7) is 6.93. The summed E-state index contributed by atoms with van der Waals surface area (Å²) in [5, 5.41) is 6.19. The molecular formula is C13H26N2O. The number of rotatable bonds is 6. The Labute approximate surface area is 99.4 Å². The third-order valence-electron chi connectivity index (χ3n) is 3.65. The highest BCUT2D eigenvalue weighted by atomic mass is 16.2. The molecule has 16 heavy (non-hydrogen) atoms. The standard InChI is InChI=1S/C13H26N2O/c1-10(8-11-6-5-7-11)15-9-13(2,3)12(16)14-4/h10-11,15H,5-9H2,1-4H3,(H,14,16). The van der Waals surface area contributed by atoms with E-state index < -0.39 is 0 Å². The molecule has 0 aromatic heterocycles. The SMILES string of the molecule is CNC(=O)C(C)(C)CNC(C)CC1CCC1. The summed E-state index contributed by atoms with van der Waals surface area (Å²) in [5.74, 6) is 1.03. The van der Waals surface area contributed by atoms with Crippen molar-refractivity contribution >= 4 is 5.91 Å². The van der Waals surface area contributed by atoms with E-state index >= 15 is 0 Å². The van der Waals surface area contributed by atoms with Gasteiger partial charge in [0.15, 0.2) is 0 Å². The molecule has 1 aliphatic carbocycles. The molecule has 0 aromatic carbocycles. The molecule has 2 N–H and O–H groups in total. The molecule has 0 saturated heterocycles. The van der Waals surface area contributed by atoms with E-state index in [9.17, 15) is 4.79 Å². The zero-order valence-electron chi connectivity index (χ0n) is 11.1. The molecule has 3 nitrogen and oxygen atoms in total. The molecule has 1 aliphatic rings. The fraction of sp³-hybridized carbons (Fsp3) is 0.923. The molecule has 94 valence electrons. The monoisotopic (exact) mass is 226 g/mol. The summed E-state index contributed by atoms with van der Waals surface area (Å²) in [4.78, 5) is 11.6. The normalized spacial score (nSPS) is 19.0. The zero-order valence-corrected chi connectivity index (χ0v) is 11.1. The van der Waals surface area contributed by atoms with Crippen LogP contribution in [0.15, 0.2) is 0 Å². The van der Waals surface area contributed by atoms with Gasteiger partial charge in [-0.2, -0.15) is 0 Å². The first-order valence-electron chi connectivity index (χ1n) is 6.41. The summed E-state index contributed by atoms with van der Waals surface area (Å²) in [6, 6.07) is 0.522. The molecule has 3 heteroatoms. The van der Waals surface area contributed by atoms with Gasteiger partial charge in [0.05, 0.1) is 5.41 Å². The van der Waals surface area contributed by atoms with Gasteiger partial charge in [-0.1, -0.05) is 19.3 Å². The van der Waals surface area contributed by atoms with Gasteiger partial charge in [0.2, 0.25) is 5.91 Å². The van der Waals surface area contributed by atoms with Gasteiger partial charge in [0.1, 0.15) is 0 Å². The van der Waals surface area contributed by atoms with Crippen LogP contribution in [0.3, 0.4) is 0 Å². The Morgan fingerprint density at radius 2 is 2.06 bits per heavy atom. The Hall–Kier alpha value is -0.570. The number of hydrogen-bond donors (Lipinski definition) is 2. The van der Waals surface area contributed by atoms with E-state index in [1.165, 1.54) is 25.7 Å². The van der Waals surface area contributed by atoms with Crippen molar-refractivity contribution in [3.63, 3.8) is 0 Å². The van der Waals surface area contributed by atoms with Crippen molar-refractivity contribution < 1.29 is 4.79 Å². The average molecular weight is 226 g/mol. The van der Waals surface area contributed by atoms with Gasteiger partial charge >= 0.3 is 0 Å². The Morgan fingerprint density at radius 3 is 2.50 bits per heavy atom. The van der Waals surface area contributed by atoms with Crippen molar-refractivity contribution in [2.75, 3.05) is 13.6 Å². The van der Waals surface area contributed by atoms with Crippen LogP contribution >= 0.6 is 0 Å². The van der Waals surface area contributed by atoms with Gasteiger partial charge in [-0.25, -0.2) is 0 Å². The van der Waals surface area contributed by atoms with Gasteiger partial charge in [-0.05, 0) is 33.1 Å². The molecule has 1 unspecified atom stereocenters. The third kappa shape index (κ3) is 3.78. The van der Waals surface area contributed by atoms with Gasteiger partial charge in [-0.3, -0.25) is 4.79 Å². The maximum Gasteiger partial charge on any atom is 0.226 e. The van der Waals surface area contributed by atoms with Gasteiger partial charge < -0.3 is 10.6 Å². The molecule has 1 saturated carbocycles. The fourth-order valence-corrected chi connectivity index (χ4v) is 2.16. The van der Waals surface area contributed by atoms with E-state index in [0.717, 1.165) is 12.5 Å². The van der Waals surface area contributed by atoms with Crippen LogP contribution in [0.25, 0.3) is 0 Å². The number of hydrogen-bond acceptors (Lipinski definition) is 2. The van der Waals surface area contributed by atoms with Crippen LogP contribution in [-0.4, -0.2) is 25.5 Å². The van der Waals surface area contributed by atoms with E-state index in [0.29, 0.717) is 6.04 Å². The second-order valence-corrected chi connectivity index (χ2v) is 5.78. The molecule has 0 radical (unpaired) electrons. The molecule has 1 atom stereocenters. The Bertz CT molecular complexity index is 234. The van der Waals surface area contributed by atoms with Crippen molar-refractivity contribution in [2.24, 2.45) is 11.3 Å². The van der Waals surface area contributed by atoms with Crippen LogP contribution in [-0.2, 0) is 4.79 Å². The minimum absolute atomic E-state index is 0.107.